The third kappa shape index (κ3) is 0.799. The van der Waals surface area contributed by atoms with Crippen LogP contribution in [0.3, 0.4) is 0 Å². The van der Waals surface area contributed by atoms with Gasteiger partial charge in [0, 0.05) is 0 Å². The fraction of sp³-hybridized carbons (Fsp3) is 0.750. The van der Waals surface area contributed by atoms with Gasteiger partial charge in [0.05, 0.1) is 5.60 Å². The van der Waals surface area contributed by atoms with Crippen molar-refractivity contribution < 1.29 is 5.11 Å². The van der Waals surface area contributed by atoms with E-state index in [-0.39, 0.29) is 0 Å². The smallest absolute Gasteiger partial charge is 0.0859 e. The molecule has 1 N–H and O–H groups in total. The maximum Gasteiger partial charge on any atom is 0.0859 e. The minimum atomic E-state index is -0.402. The molecule has 0 atom stereocenters. The minimum absolute atomic E-state index is 0.402. The number of hydrogen-bond donors (Lipinski definition) is 1. The summed E-state index contributed by atoms with van der Waals surface area (Å²) in [4.78, 5) is 0. The lowest BCUT2D eigenvalue weighted by Crippen LogP contribution is -2.10. The van der Waals surface area contributed by atoms with Crippen LogP contribution in [0.1, 0.15) is 25.7 Å². The third-order valence-electron chi connectivity index (χ3n) is 2.39. The number of aliphatic hydroxyl groups is 1. The molecule has 2 aliphatic rings. The molecule has 0 bridgehead atoms. The van der Waals surface area contributed by atoms with Gasteiger partial charge in [0.15, 0.2) is 0 Å². The summed E-state index contributed by atoms with van der Waals surface area (Å²) >= 11 is 0. The molecule has 0 saturated heterocycles. The largest absolute Gasteiger partial charge is 0.386 e. The molecule has 2 rings (SSSR count). The van der Waals surface area contributed by atoms with Gasteiger partial charge >= 0.3 is 0 Å². The SMILES string of the molecule is C=C(C1CC1)C1(O)CC1. The van der Waals surface area contributed by atoms with Crippen LogP contribution in [0.15, 0.2) is 12.2 Å². The van der Waals surface area contributed by atoms with E-state index in [4.69, 9.17) is 0 Å². The summed E-state index contributed by atoms with van der Waals surface area (Å²) < 4.78 is 0. The highest BCUT2D eigenvalue weighted by atomic mass is 16.3. The second-order valence-corrected chi connectivity index (χ2v) is 3.33. The highest BCUT2D eigenvalue weighted by molar-refractivity contribution is 5.26. The minimum Gasteiger partial charge on any atom is -0.386 e. The van der Waals surface area contributed by atoms with E-state index in [1.54, 1.807) is 0 Å². The van der Waals surface area contributed by atoms with Crippen molar-refractivity contribution in [1.29, 1.82) is 0 Å². The second-order valence-electron chi connectivity index (χ2n) is 3.33. The van der Waals surface area contributed by atoms with Gasteiger partial charge in [-0.25, -0.2) is 0 Å². The lowest BCUT2D eigenvalue weighted by Gasteiger charge is -2.08. The molecular weight excluding hydrogens is 112 g/mol. The fourth-order valence-electron chi connectivity index (χ4n) is 1.25. The van der Waals surface area contributed by atoms with Crippen LogP contribution in [-0.4, -0.2) is 10.7 Å². The summed E-state index contributed by atoms with van der Waals surface area (Å²) in [5.41, 5.74) is 0.712. The van der Waals surface area contributed by atoms with Gasteiger partial charge in [-0.05, 0) is 37.2 Å². The van der Waals surface area contributed by atoms with E-state index >= 15 is 0 Å². The molecule has 1 nitrogen and oxygen atoms in total. The zero-order chi connectivity index (χ0) is 6.48. The van der Waals surface area contributed by atoms with Crippen LogP contribution in [0.4, 0.5) is 0 Å². The average Bonchev–Trinajstić information content (AvgIpc) is 2.54. The highest BCUT2D eigenvalue weighted by Crippen LogP contribution is 2.50. The number of rotatable bonds is 2. The lowest BCUT2D eigenvalue weighted by molar-refractivity contribution is 0.183. The average molecular weight is 124 g/mol. The van der Waals surface area contributed by atoms with Crippen molar-refractivity contribution in [2.24, 2.45) is 5.92 Å². The molecular formula is C8H12O. The van der Waals surface area contributed by atoms with Crippen molar-refractivity contribution in [3.8, 4) is 0 Å². The first-order valence-electron chi connectivity index (χ1n) is 3.64. The van der Waals surface area contributed by atoms with Gasteiger partial charge in [-0.2, -0.15) is 0 Å². The van der Waals surface area contributed by atoms with Gasteiger partial charge in [-0.3, -0.25) is 0 Å². The van der Waals surface area contributed by atoms with Crippen LogP contribution in [0.2, 0.25) is 0 Å². The summed E-state index contributed by atoms with van der Waals surface area (Å²) in [6.45, 7) is 3.90. The van der Waals surface area contributed by atoms with E-state index in [9.17, 15) is 5.11 Å². The van der Waals surface area contributed by atoms with E-state index in [1.165, 1.54) is 12.8 Å². The Morgan fingerprint density at radius 3 is 2.33 bits per heavy atom. The predicted molar refractivity (Wildman–Crippen MR) is 36.0 cm³/mol. The summed E-state index contributed by atoms with van der Waals surface area (Å²) in [5.74, 6) is 0.678. The molecule has 0 aromatic carbocycles. The fourth-order valence-corrected chi connectivity index (χ4v) is 1.25. The number of hydrogen-bond acceptors (Lipinski definition) is 1. The van der Waals surface area contributed by atoms with E-state index in [1.807, 2.05) is 0 Å². The molecule has 50 valence electrons. The molecule has 0 aromatic heterocycles. The summed E-state index contributed by atoms with van der Waals surface area (Å²) in [6, 6.07) is 0. The van der Waals surface area contributed by atoms with E-state index < -0.39 is 5.60 Å². The zero-order valence-corrected chi connectivity index (χ0v) is 5.56. The van der Waals surface area contributed by atoms with E-state index in [2.05, 4.69) is 6.58 Å². The quantitative estimate of drug-likeness (QED) is 0.553. The Morgan fingerprint density at radius 2 is 2.00 bits per heavy atom. The third-order valence-corrected chi connectivity index (χ3v) is 2.39. The van der Waals surface area contributed by atoms with Crippen LogP contribution in [0.25, 0.3) is 0 Å². The molecule has 1 heteroatoms. The summed E-state index contributed by atoms with van der Waals surface area (Å²) in [6.07, 6.45) is 4.45. The molecule has 9 heavy (non-hydrogen) atoms. The molecule has 0 radical (unpaired) electrons. The Balaban J connectivity index is 2.03. The molecule has 0 aliphatic heterocycles. The molecule has 2 aliphatic carbocycles. The maximum atomic E-state index is 9.51. The second kappa shape index (κ2) is 1.40. The highest BCUT2D eigenvalue weighted by Gasteiger charge is 2.47. The normalized spacial score (nSPS) is 29.9. The standard InChI is InChI=1S/C8H12O/c1-6(7-2-3-7)8(9)4-5-8/h7,9H,1-5H2. The van der Waals surface area contributed by atoms with Gasteiger partial charge in [0.2, 0.25) is 0 Å². The van der Waals surface area contributed by atoms with Crippen LogP contribution in [0, 0.1) is 5.92 Å². The van der Waals surface area contributed by atoms with Crippen molar-refractivity contribution in [2.45, 2.75) is 31.3 Å². The van der Waals surface area contributed by atoms with Crippen LogP contribution < -0.4 is 0 Å². The van der Waals surface area contributed by atoms with E-state index in [0.717, 1.165) is 18.4 Å². The van der Waals surface area contributed by atoms with Crippen molar-refractivity contribution in [2.75, 3.05) is 0 Å². The summed E-state index contributed by atoms with van der Waals surface area (Å²) in [5, 5.41) is 9.51. The molecule has 2 fully saturated rings. The van der Waals surface area contributed by atoms with Gasteiger partial charge in [-0.15, -0.1) is 0 Å². The van der Waals surface area contributed by atoms with Gasteiger partial charge in [0.25, 0.3) is 0 Å². The Kier molecular flexibility index (Phi) is 0.854. The molecule has 0 unspecified atom stereocenters. The summed E-state index contributed by atoms with van der Waals surface area (Å²) in [7, 11) is 0. The first-order chi connectivity index (χ1) is 4.22. The Bertz CT molecular complexity index is 152. The first-order valence-corrected chi connectivity index (χ1v) is 3.64. The van der Waals surface area contributed by atoms with Crippen molar-refractivity contribution in [3.63, 3.8) is 0 Å². The van der Waals surface area contributed by atoms with Gasteiger partial charge < -0.3 is 5.11 Å². The van der Waals surface area contributed by atoms with Crippen LogP contribution in [-0.2, 0) is 0 Å². The Hall–Kier alpha value is -0.300. The first kappa shape index (κ1) is 5.48. The topological polar surface area (TPSA) is 20.2 Å². The van der Waals surface area contributed by atoms with Crippen LogP contribution >= 0.6 is 0 Å². The Labute approximate surface area is 55.4 Å². The van der Waals surface area contributed by atoms with Gasteiger partial charge in [0.1, 0.15) is 0 Å². The molecule has 0 aromatic rings. The zero-order valence-electron chi connectivity index (χ0n) is 5.56. The molecule has 0 heterocycles. The maximum absolute atomic E-state index is 9.51. The van der Waals surface area contributed by atoms with Crippen LogP contribution in [0.5, 0.6) is 0 Å². The van der Waals surface area contributed by atoms with Crippen molar-refractivity contribution in [3.05, 3.63) is 12.2 Å². The van der Waals surface area contributed by atoms with Crippen molar-refractivity contribution >= 4 is 0 Å². The van der Waals surface area contributed by atoms with Crippen molar-refractivity contribution in [1.82, 2.24) is 0 Å². The molecule has 2 saturated carbocycles. The lowest BCUT2D eigenvalue weighted by atomic mass is 10.1. The predicted octanol–water partition coefficient (Wildman–Crippen LogP) is 1.48. The molecule has 0 spiro atoms. The Morgan fingerprint density at radius 1 is 1.44 bits per heavy atom. The monoisotopic (exact) mass is 124 g/mol. The van der Waals surface area contributed by atoms with Gasteiger partial charge in [-0.1, -0.05) is 6.58 Å². The van der Waals surface area contributed by atoms with E-state index in [0.29, 0.717) is 5.92 Å². The molecule has 0 amide bonds.